The van der Waals surface area contributed by atoms with E-state index in [0.29, 0.717) is 24.2 Å². The lowest BCUT2D eigenvalue weighted by atomic mass is 10.1. The SMILES string of the molecule is C=C1c2ccccc2C(=O)N1CC(=O)NCCc1ccc2c(c1)OCO2. The van der Waals surface area contributed by atoms with E-state index in [0.717, 1.165) is 22.6 Å². The third-order valence-corrected chi connectivity index (χ3v) is 4.51. The largest absolute Gasteiger partial charge is 0.454 e. The zero-order valence-electron chi connectivity index (χ0n) is 14.2. The smallest absolute Gasteiger partial charge is 0.259 e. The fourth-order valence-electron chi connectivity index (χ4n) is 3.14. The van der Waals surface area contributed by atoms with E-state index >= 15 is 0 Å². The van der Waals surface area contributed by atoms with E-state index in [4.69, 9.17) is 9.47 Å². The van der Waals surface area contributed by atoms with Crippen LogP contribution < -0.4 is 14.8 Å². The Morgan fingerprint density at radius 3 is 2.69 bits per heavy atom. The van der Waals surface area contributed by atoms with Gasteiger partial charge in [-0.05, 0) is 30.2 Å². The Bertz CT molecular complexity index is 871. The molecule has 6 nitrogen and oxygen atoms in total. The molecule has 0 spiro atoms. The monoisotopic (exact) mass is 350 g/mol. The molecular weight excluding hydrogens is 332 g/mol. The van der Waals surface area contributed by atoms with Crippen LogP contribution in [0.5, 0.6) is 11.5 Å². The summed E-state index contributed by atoms with van der Waals surface area (Å²) in [7, 11) is 0. The minimum atomic E-state index is -0.215. The second kappa shape index (κ2) is 6.55. The summed E-state index contributed by atoms with van der Waals surface area (Å²) < 4.78 is 10.6. The molecule has 2 heterocycles. The first-order valence-electron chi connectivity index (χ1n) is 8.39. The lowest BCUT2D eigenvalue weighted by Gasteiger charge is -2.17. The molecule has 132 valence electrons. The van der Waals surface area contributed by atoms with Crippen LogP contribution in [0.2, 0.25) is 0 Å². The van der Waals surface area contributed by atoms with Crippen LogP contribution in [-0.4, -0.2) is 36.6 Å². The molecule has 4 rings (SSSR count). The number of benzene rings is 2. The van der Waals surface area contributed by atoms with Crippen molar-refractivity contribution in [2.24, 2.45) is 0 Å². The van der Waals surface area contributed by atoms with Gasteiger partial charge in [0.2, 0.25) is 12.7 Å². The molecule has 2 aliphatic heterocycles. The van der Waals surface area contributed by atoms with Gasteiger partial charge >= 0.3 is 0 Å². The first-order chi connectivity index (χ1) is 12.6. The Balaban J connectivity index is 1.31. The number of carbonyl (C=O) groups excluding carboxylic acids is 2. The van der Waals surface area contributed by atoms with Crippen molar-refractivity contribution in [3.8, 4) is 11.5 Å². The molecule has 0 saturated heterocycles. The van der Waals surface area contributed by atoms with Gasteiger partial charge in [-0.3, -0.25) is 14.5 Å². The van der Waals surface area contributed by atoms with Crippen LogP contribution in [-0.2, 0) is 11.2 Å². The highest BCUT2D eigenvalue weighted by Gasteiger charge is 2.31. The maximum absolute atomic E-state index is 12.4. The van der Waals surface area contributed by atoms with Crippen molar-refractivity contribution in [3.05, 3.63) is 65.7 Å². The topological polar surface area (TPSA) is 67.9 Å². The van der Waals surface area contributed by atoms with E-state index in [1.807, 2.05) is 30.3 Å². The lowest BCUT2D eigenvalue weighted by molar-refractivity contribution is -0.121. The number of hydrogen-bond acceptors (Lipinski definition) is 4. The Hall–Kier alpha value is -3.28. The molecule has 0 unspecified atom stereocenters. The summed E-state index contributed by atoms with van der Waals surface area (Å²) in [6.07, 6.45) is 0.664. The number of nitrogens with zero attached hydrogens (tertiary/aromatic N) is 1. The van der Waals surface area contributed by atoms with Gasteiger partial charge in [0.05, 0.1) is 0 Å². The second-order valence-electron chi connectivity index (χ2n) is 6.17. The van der Waals surface area contributed by atoms with Gasteiger partial charge in [-0.2, -0.15) is 0 Å². The predicted octanol–water partition coefficient (Wildman–Crippen LogP) is 2.20. The van der Waals surface area contributed by atoms with Gasteiger partial charge in [-0.15, -0.1) is 0 Å². The molecule has 0 saturated carbocycles. The standard InChI is InChI=1S/C20H18N2O4/c1-13-15-4-2-3-5-16(15)20(24)22(13)11-19(23)21-9-8-14-6-7-17-18(10-14)26-12-25-17/h2-7,10H,1,8-9,11-12H2,(H,21,23). The average Bonchev–Trinajstić information content (AvgIpc) is 3.21. The molecule has 0 fully saturated rings. The number of ether oxygens (including phenoxy) is 2. The molecular formula is C20H18N2O4. The lowest BCUT2D eigenvalue weighted by Crippen LogP contribution is -2.37. The minimum Gasteiger partial charge on any atom is -0.454 e. The van der Waals surface area contributed by atoms with Gasteiger partial charge in [0.25, 0.3) is 5.91 Å². The number of carbonyl (C=O) groups is 2. The highest BCUT2D eigenvalue weighted by Crippen LogP contribution is 2.32. The van der Waals surface area contributed by atoms with Gasteiger partial charge in [-0.1, -0.05) is 30.8 Å². The van der Waals surface area contributed by atoms with Crippen LogP contribution in [0.25, 0.3) is 5.70 Å². The first kappa shape index (κ1) is 16.2. The van der Waals surface area contributed by atoms with Crippen molar-refractivity contribution in [1.29, 1.82) is 0 Å². The summed E-state index contributed by atoms with van der Waals surface area (Å²) in [4.78, 5) is 26.1. The molecule has 26 heavy (non-hydrogen) atoms. The summed E-state index contributed by atoms with van der Waals surface area (Å²) in [5.74, 6) is 1.07. The van der Waals surface area contributed by atoms with E-state index in [-0.39, 0.29) is 25.2 Å². The zero-order valence-corrected chi connectivity index (χ0v) is 14.2. The quantitative estimate of drug-likeness (QED) is 0.898. The third-order valence-electron chi connectivity index (χ3n) is 4.51. The maximum Gasteiger partial charge on any atom is 0.259 e. The summed E-state index contributed by atoms with van der Waals surface area (Å²) >= 11 is 0. The van der Waals surface area contributed by atoms with Crippen molar-refractivity contribution in [1.82, 2.24) is 10.2 Å². The molecule has 1 N–H and O–H groups in total. The predicted molar refractivity (Wildman–Crippen MR) is 95.8 cm³/mol. The highest BCUT2D eigenvalue weighted by molar-refractivity contribution is 6.10. The Labute approximate surface area is 151 Å². The summed E-state index contributed by atoms with van der Waals surface area (Å²) in [6, 6.07) is 13.0. The normalized spacial score (nSPS) is 14.5. The first-order valence-corrected chi connectivity index (χ1v) is 8.39. The average molecular weight is 350 g/mol. The van der Waals surface area contributed by atoms with E-state index in [9.17, 15) is 9.59 Å². The zero-order chi connectivity index (χ0) is 18.1. The molecule has 0 aliphatic carbocycles. The number of amides is 2. The van der Waals surface area contributed by atoms with Gasteiger partial charge in [-0.25, -0.2) is 0 Å². The van der Waals surface area contributed by atoms with Crippen LogP contribution in [0.15, 0.2) is 49.0 Å². The molecule has 2 aromatic carbocycles. The maximum atomic E-state index is 12.4. The number of nitrogens with one attached hydrogen (secondary N) is 1. The Morgan fingerprint density at radius 1 is 1.12 bits per heavy atom. The van der Waals surface area contributed by atoms with E-state index < -0.39 is 0 Å². The van der Waals surface area contributed by atoms with Crippen LogP contribution in [0, 0.1) is 0 Å². The number of hydrogen-bond donors (Lipinski definition) is 1. The molecule has 2 aliphatic rings. The third kappa shape index (κ3) is 2.90. The minimum absolute atomic E-state index is 0.0342. The fourth-order valence-corrected chi connectivity index (χ4v) is 3.14. The van der Waals surface area contributed by atoms with Crippen molar-refractivity contribution in [2.45, 2.75) is 6.42 Å². The van der Waals surface area contributed by atoms with E-state index in [1.54, 1.807) is 12.1 Å². The van der Waals surface area contributed by atoms with Crippen molar-refractivity contribution in [3.63, 3.8) is 0 Å². The summed E-state index contributed by atoms with van der Waals surface area (Å²) in [5, 5.41) is 2.85. The molecule has 2 amide bonds. The van der Waals surface area contributed by atoms with Gasteiger partial charge < -0.3 is 14.8 Å². The molecule has 0 atom stereocenters. The van der Waals surface area contributed by atoms with Crippen molar-refractivity contribution >= 4 is 17.5 Å². The molecule has 0 bridgehead atoms. The highest BCUT2D eigenvalue weighted by atomic mass is 16.7. The molecule has 6 heteroatoms. The van der Waals surface area contributed by atoms with Crippen LogP contribution >= 0.6 is 0 Å². The Morgan fingerprint density at radius 2 is 1.88 bits per heavy atom. The Kier molecular flexibility index (Phi) is 4.08. The molecule has 2 aromatic rings. The van der Waals surface area contributed by atoms with Crippen molar-refractivity contribution in [2.75, 3.05) is 19.9 Å². The van der Waals surface area contributed by atoms with Crippen molar-refractivity contribution < 1.29 is 19.1 Å². The van der Waals surface area contributed by atoms with Gasteiger partial charge in [0.15, 0.2) is 11.5 Å². The van der Waals surface area contributed by atoms with Crippen LogP contribution in [0.1, 0.15) is 21.5 Å². The van der Waals surface area contributed by atoms with Gasteiger partial charge in [0.1, 0.15) is 6.54 Å². The van der Waals surface area contributed by atoms with E-state index in [1.165, 1.54) is 4.90 Å². The fraction of sp³-hybridized carbons (Fsp3) is 0.200. The molecule has 0 radical (unpaired) electrons. The van der Waals surface area contributed by atoms with Crippen LogP contribution in [0.3, 0.4) is 0 Å². The van der Waals surface area contributed by atoms with Gasteiger partial charge in [0, 0.05) is 23.4 Å². The summed E-state index contributed by atoms with van der Waals surface area (Å²) in [6.45, 7) is 4.62. The second-order valence-corrected chi connectivity index (χ2v) is 6.17. The number of rotatable bonds is 5. The summed E-state index contributed by atoms with van der Waals surface area (Å²) in [5.41, 5.74) is 2.98. The van der Waals surface area contributed by atoms with E-state index in [2.05, 4.69) is 11.9 Å². The molecule has 0 aromatic heterocycles. The number of fused-ring (bicyclic) bond motifs is 2. The van der Waals surface area contributed by atoms with Crippen LogP contribution in [0.4, 0.5) is 0 Å².